The van der Waals surface area contributed by atoms with Crippen molar-refractivity contribution in [2.75, 3.05) is 51.2 Å². The van der Waals surface area contributed by atoms with Gasteiger partial charge in [0, 0.05) is 31.0 Å². The van der Waals surface area contributed by atoms with Crippen molar-refractivity contribution in [3.8, 4) is 11.5 Å². The quantitative estimate of drug-likeness (QED) is 0.366. The molecule has 3 rings (SSSR count). The van der Waals surface area contributed by atoms with E-state index in [0.717, 1.165) is 5.56 Å². The van der Waals surface area contributed by atoms with Crippen molar-refractivity contribution >= 4 is 23.6 Å². The zero-order chi connectivity index (χ0) is 25.6. The summed E-state index contributed by atoms with van der Waals surface area (Å²) in [5.41, 5.74) is 2.32. The summed E-state index contributed by atoms with van der Waals surface area (Å²) in [7, 11) is 3.16. The van der Waals surface area contributed by atoms with Crippen molar-refractivity contribution < 1.29 is 28.5 Å². The molecular weight excluding hydrogens is 462 g/mol. The van der Waals surface area contributed by atoms with Gasteiger partial charge in [-0.05, 0) is 54.1 Å². The fraction of sp³-hybridized carbons (Fsp3) is 0.259. The number of carbonyl (C=O) groups is 2. The first-order valence-corrected chi connectivity index (χ1v) is 11.5. The molecule has 9 nitrogen and oxygen atoms in total. The number of ether oxygens (including phenoxy) is 4. The number of anilines is 2. The Labute approximate surface area is 210 Å². The molecular formula is C27H31N3O6. The Kier molecular flexibility index (Phi) is 10.4. The Bertz CT molecular complexity index is 1010. The van der Waals surface area contributed by atoms with Crippen molar-refractivity contribution in [2.24, 2.45) is 0 Å². The summed E-state index contributed by atoms with van der Waals surface area (Å²) in [5.74, 6) is 1.40. The van der Waals surface area contributed by atoms with Crippen LogP contribution in [0.2, 0.25) is 0 Å². The molecule has 190 valence electrons. The van der Waals surface area contributed by atoms with Gasteiger partial charge in [0.05, 0.1) is 14.2 Å². The van der Waals surface area contributed by atoms with Crippen molar-refractivity contribution in [2.45, 2.75) is 6.54 Å². The van der Waals surface area contributed by atoms with E-state index in [-0.39, 0.29) is 13.2 Å². The molecule has 0 spiro atoms. The smallest absolute Gasteiger partial charge is 0.411 e. The van der Waals surface area contributed by atoms with E-state index in [4.69, 9.17) is 18.9 Å². The predicted molar refractivity (Wildman–Crippen MR) is 138 cm³/mol. The topological polar surface area (TPSA) is 98.4 Å². The molecule has 0 unspecified atom stereocenters. The Morgan fingerprint density at radius 2 is 1.11 bits per heavy atom. The van der Waals surface area contributed by atoms with Crippen LogP contribution in [0.4, 0.5) is 21.0 Å². The number of benzene rings is 3. The summed E-state index contributed by atoms with van der Waals surface area (Å²) in [6.07, 6.45) is -1.09. The normalized spacial score (nSPS) is 10.4. The second-order valence-electron chi connectivity index (χ2n) is 7.74. The largest absolute Gasteiger partial charge is 0.497 e. The van der Waals surface area contributed by atoms with Crippen molar-refractivity contribution in [3.63, 3.8) is 0 Å². The van der Waals surface area contributed by atoms with Crippen LogP contribution >= 0.6 is 0 Å². The molecule has 0 aliphatic rings. The van der Waals surface area contributed by atoms with Gasteiger partial charge < -0.3 is 18.9 Å². The maximum absolute atomic E-state index is 12.2. The molecule has 36 heavy (non-hydrogen) atoms. The van der Waals surface area contributed by atoms with Gasteiger partial charge in [-0.2, -0.15) is 0 Å². The first-order valence-electron chi connectivity index (χ1n) is 11.5. The van der Waals surface area contributed by atoms with E-state index in [9.17, 15) is 9.59 Å². The number of hydrogen-bond acceptors (Lipinski definition) is 7. The highest BCUT2D eigenvalue weighted by Crippen LogP contribution is 2.16. The number of hydrogen-bond donors (Lipinski definition) is 2. The zero-order valence-electron chi connectivity index (χ0n) is 20.4. The molecule has 0 heterocycles. The Morgan fingerprint density at radius 3 is 1.53 bits per heavy atom. The van der Waals surface area contributed by atoms with Gasteiger partial charge in [-0.15, -0.1) is 0 Å². The lowest BCUT2D eigenvalue weighted by molar-refractivity contribution is 0.114. The van der Waals surface area contributed by atoms with E-state index in [1.807, 2.05) is 30.3 Å². The van der Waals surface area contributed by atoms with Gasteiger partial charge in [-0.1, -0.05) is 30.3 Å². The third kappa shape index (κ3) is 9.19. The van der Waals surface area contributed by atoms with Gasteiger partial charge in [0.25, 0.3) is 0 Å². The molecule has 0 aliphatic carbocycles. The van der Waals surface area contributed by atoms with Crippen LogP contribution in [-0.4, -0.2) is 57.6 Å². The summed E-state index contributed by atoms with van der Waals surface area (Å²) in [4.78, 5) is 26.4. The number of methoxy groups -OCH3 is 2. The molecule has 2 N–H and O–H groups in total. The van der Waals surface area contributed by atoms with Crippen molar-refractivity contribution in [3.05, 3.63) is 84.4 Å². The van der Waals surface area contributed by atoms with Gasteiger partial charge in [0.1, 0.15) is 24.7 Å². The van der Waals surface area contributed by atoms with E-state index in [0.29, 0.717) is 42.5 Å². The highest BCUT2D eigenvalue weighted by atomic mass is 16.6. The highest BCUT2D eigenvalue weighted by molar-refractivity contribution is 5.85. The molecule has 0 fully saturated rings. The van der Waals surface area contributed by atoms with E-state index >= 15 is 0 Å². The molecule has 2 amide bonds. The first-order chi connectivity index (χ1) is 17.6. The lowest BCUT2D eigenvalue weighted by atomic mass is 10.2. The van der Waals surface area contributed by atoms with Crippen LogP contribution in [0.15, 0.2) is 78.9 Å². The summed E-state index contributed by atoms with van der Waals surface area (Å²) >= 11 is 0. The number of nitrogens with one attached hydrogen (secondary N) is 2. The number of nitrogens with zero attached hydrogens (tertiary/aromatic N) is 1. The average Bonchev–Trinajstić information content (AvgIpc) is 2.90. The zero-order valence-corrected chi connectivity index (χ0v) is 20.4. The molecule has 0 saturated heterocycles. The van der Waals surface area contributed by atoms with Gasteiger partial charge in [0.15, 0.2) is 0 Å². The van der Waals surface area contributed by atoms with Crippen molar-refractivity contribution in [1.82, 2.24) is 4.90 Å². The van der Waals surface area contributed by atoms with Gasteiger partial charge >= 0.3 is 12.2 Å². The molecule has 0 atom stereocenters. The fourth-order valence-corrected chi connectivity index (χ4v) is 3.30. The Hall–Kier alpha value is -4.24. The van der Waals surface area contributed by atoms with E-state index in [2.05, 4.69) is 15.5 Å². The highest BCUT2D eigenvalue weighted by Gasteiger charge is 2.11. The number of carbonyl (C=O) groups excluding carboxylic acids is 2. The summed E-state index contributed by atoms with van der Waals surface area (Å²) in [6, 6.07) is 23.8. The molecule has 0 aromatic heterocycles. The third-order valence-corrected chi connectivity index (χ3v) is 5.20. The number of amides is 2. The van der Waals surface area contributed by atoms with Crippen LogP contribution in [-0.2, 0) is 16.0 Å². The lowest BCUT2D eigenvalue weighted by Gasteiger charge is -2.22. The molecule has 0 saturated carbocycles. The van der Waals surface area contributed by atoms with Gasteiger partial charge in [-0.25, -0.2) is 9.59 Å². The van der Waals surface area contributed by atoms with Crippen LogP contribution in [0, 0.1) is 0 Å². The molecule has 3 aromatic rings. The second kappa shape index (κ2) is 14.2. The van der Waals surface area contributed by atoms with Crippen LogP contribution in [0.5, 0.6) is 11.5 Å². The summed E-state index contributed by atoms with van der Waals surface area (Å²) < 4.78 is 20.9. The fourth-order valence-electron chi connectivity index (χ4n) is 3.30. The molecule has 0 radical (unpaired) electrons. The third-order valence-electron chi connectivity index (χ3n) is 5.20. The van der Waals surface area contributed by atoms with E-state index in [1.54, 1.807) is 62.8 Å². The minimum atomic E-state index is -0.546. The molecule has 0 aliphatic heterocycles. The minimum absolute atomic E-state index is 0.173. The maximum atomic E-state index is 12.2. The molecule has 9 heteroatoms. The number of rotatable bonds is 12. The standard InChI is InChI=1S/C27H31N3O6/c1-33-24-12-8-22(9-13-24)28-26(31)35-18-16-30(20-21-6-4-3-5-7-21)17-19-36-27(32)29-23-10-14-25(34-2)15-11-23/h3-15H,16-20H2,1-2H3,(H,28,31)(H,29,32). The lowest BCUT2D eigenvalue weighted by Crippen LogP contribution is -2.32. The van der Waals surface area contributed by atoms with Gasteiger partial charge in [0.2, 0.25) is 0 Å². The van der Waals surface area contributed by atoms with E-state index < -0.39 is 12.2 Å². The summed E-state index contributed by atoms with van der Waals surface area (Å²) in [5, 5.41) is 5.37. The first kappa shape index (κ1) is 26.4. The maximum Gasteiger partial charge on any atom is 0.411 e. The SMILES string of the molecule is COc1ccc(NC(=O)OCCN(CCOC(=O)Nc2ccc(OC)cc2)Cc2ccccc2)cc1. The van der Waals surface area contributed by atoms with Crippen LogP contribution in [0.3, 0.4) is 0 Å². The monoisotopic (exact) mass is 493 g/mol. The van der Waals surface area contributed by atoms with E-state index in [1.165, 1.54) is 0 Å². The minimum Gasteiger partial charge on any atom is -0.497 e. The van der Waals surface area contributed by atoms with Crippen LogP contribution in [0.1, 0.15) is 5.56 Å². The Morgan fingerprint density at radius 1 is 0.667 bits per heavy atom. The van der Waals surface area contributed by atoms with Crippen LogP contribution in [0.25, 0.3) is 0 Å². The Balaban J connectivity index is 1.45. The van der Waals surface area contributed by atoms with Crippen molar-refractivity contribution in [1.29, 1.82) is 0 Å². The summed E-state index contributed by atoms with van der Waals surface area (Å²) in [6.45, 7) is 1.90. The molecule has 3 aromatic carbocycles. The van der Waals surface area contributed by atoms with Gasteiger partial charge in [-0.3, -0.25) is 15.5 Å². The van der Waals surface area contributed by atoms with Crippen LogP contribution < -0.4 is 20.1 Å². The second-order valence-corrected chi connectivity index (χ2v) is 7.74. The average molecular weight is 494 g/mol. The molecule has 0 bridgehead atoms. The predicted octanol–water partition coefficient (Wildman–Crippen LogP) is 5.00.